The molecule has 0 radical (unpaired) electrons. The molecule has 9 heteroatoms. The van der Waals surface area contributed by atoms with Crippen LogP contribution in [0, 0.1) is 11.8 Å². The SMILES string of the molecule is O=C(O)C1CCCCC1C(=O)N1CCc2c(Cl)ccc(OCc3ccccn3)c2[C@H]1CN1CCCC1=O. The molecule has 2 unspecified atom stereocenters. The summed E-state index contributed by atoms with van der Waals surface area (Å²) in [7, 11) is 0. The van der Waals surface area contributed by atoms with Crippen molar-refractivity contribution in [3.05, 3.63) is 58.4 Å². The molecule has 2 aromatic rings. The summed E-state index contributed by atoms with van der Waals surface area (Å²) >= 11 is 6.65. The van der Waals surface area contributed by atoms with E-state index in [1.807, 2.05) is 30.3 Å². The molecule has 1 aliphatic carbocycles. The van der Waals surface area contributed by atoms with Crippen LogP contribution in [0.1, 0.15) is 61.4 Å². The van der Waals surface area contributed by atoms with Gasteiger partial charge in [-0.2, -0.15) is 0 Å². The molecule has 1 saturated heterocycles. The first kappa shape index (κ1) is 25.5. The summed E-state index contributed by atoms with van der Waals surface area (Å²) in [5, 5.41) is 10.4. The minimum atomic E-state index is -0.913. The highest BCUT2D eigenvalue weighted by atomic mass is 35.5. The van der Waals surface area contributed by atoms with Crippen molar-refractivity contribution in [3.8, 4) is 5.75 Å². The lowest BCUT2D eigenvalue weighted by Crippen LogP contribution is -2.50. The van der Waals surface area contributed by atoms with E-state index in [1.54, 1.807) is 16.0 Å². The Labute approximate surface area is 221 Å². The molecule has 1 aromatic carbocycles. The molecule has 2 amide bonds. The number of rotatable bonds is 7. The maximum Gasteiger partial charge on any atom is 0.307 e. The van der Waals surface area contributed by atoms with Gasteiger partial charge in [0, 0.05) is 42.8 Å². The molecule has 1 N–H and O–H groups in total. The molecule has 196 valence electrons. The van der Waals surface area contributed by atoms with Gasteiger partial charge >= 0.3 is 5.97 Å². The Bertz CT molecular complexity index is 1170. The van der Waals surface area contributed by atoms with Crippen molar-refractivity contribution in [2.75, 3.05) is 19.6 Å². The Balaban J connectivity index is 1.51. The highest BCUT2D eigenvalue weighted by Gasteiger charge is 2.43. The summed E-state index contributed by atoms with van der Waals surface area (Å²) in [6, 6.07) is 8.79. The van der Waals surface area contributed by atoms with Gasteiger partial charge in [-0.15, -0.1) is 0 Å². The molecule has 3 atom stereocenters. The molecule has 8 nitrogen and oxygen atoms in total. The van der Waals surface area contributed by atoms with Crippen LogP contribution in [0.3, 0.4) is 0 Å². The number of benzene rings is 1. The Morgan fingerprint density at radius 1 is 1.05 bits per heavy atom. The number of aliphatic carboxylic acids is 1. The molecule has 1 aromatic heterocycles. The summed E-state index contributed by atoms with van der Waals surface area (Å²) in [5.74, 6) is -1.64. The average molecular weight is 526 g/mol. The van der Waals surface area contributed by atoms with Crippen LogP contribution in [0.15, 0.2) is 36.5 Å². The van der Waals surface area contributed by atoms with E-state index in [4.69, 9.17) is 16.3 Å². The number of carboxylic acid groups (broad SMARTS) is 1. The number of amides is 2. The largest absolute Gasteiger partial charge is 0.487 e. The van der Waals surface area contributed by atoms with Crippen molar-refractivity contribution in [1.82, 2.24) is 14.8 Å². The lowest BCUT2D eigenvalue weighted by Gasteiger charge is -2.43. The zero-order chi connectivity index (χ0) is 25.9. The first-order valence-electron chi connectivity index (χ1n) is 13.1. The molecular weight excluding hydrogens is 494 g/mol. The number of carbonyl (C=O) groups is 3. The van der Waals surface area contributed by atoms with Gasteiger partial charge in [-0.3, -0.25) is 19.4 Å². The van der Waals surface area contributed by atoms with Gasteiger partial charge in [-0.25, -0.2) is 0 Å². The highest BCUT2D eigenvalue weighted by molar-refractivity contribution is 6.31. The third kappa shape index (κ3) is 5.30. The monoisotopic (exact) mass is 525 g/mol. The number of aromatic nitrogens is 1. The van der Waals surface area contributed by atoms with E-state index in [2.05, 4.69) is 4.98 Å². The van der Waals surface area contributed by atoms with Gasteiger partial charge < -0.3 is 19.6 Å². The molecule has 2 fully saturated rings. The van der Waals surface area contributed by atoms with E-state index in [-0.39, 0.29) is 18.4 Å². The van der Waals surface area contributed by atoms with Crippen LogP contribution >= 0.6 is 11.6 Å². The maximum atomic E-state index is 14.0. The number of fused-ring (bicyclic) bond motifs is 1. The highest BCUT2D eigenvalue weighted by Crippen LogP contribution is 2.43. The van der Waals surface area contributed by atoms with E-state index in [9.17, 15) is 19.5 Å². The van der Waals surface area contributed by atoms with Crippen LogP contribution in [0.5, 0.6) is 5.75 Å². The standard InChI is InChI=1S/C28H32ClN3O5/c29-22-10-11-24(37-17-18-6-3-4-13-30-18)26-21(22)12-15-32(23(26)16-31-14-5-9-25(31)33)27(34)19-7-1-2-8-20(19)28(35)36/h3-4,6,10-11,13,19-20,23H,1-2,5,7-9,12,14-17H2,(H,35,36)/t19?,20?,23-/m1/s1. The molecule has 3 aliphatic rings. The van der Waals surface area contributed by atoms with E-state index in [0.29, 0.717) is 56.1 Å². The third-order valence-corrected chi connectivity index (χ3v) is 8.28. The van der Waals surface area contributed by atoms with Crippen molar-refractivity contribution in [1.29, 1.82) is 0 Å². The van der Waals surface area contributed by atoms with Gasteiger partial charge in [-0.05, 0) is 55.5 Å². The van der Waals surface area contributed by atoms with E-state index >= 15 is 0 Å². The van der Waals surface area contributed by atoms with Gasteiger partial charge in [0.15, 0.2) is 0 Å². The average Bonchev–Trinajstić information content (AvgIpc) is 3.32. The van der Waals surface area contributed by atoms with Crippen molar-refractivity contribution in [2.24, 2.45) is 11.8 Å². The number of likely N-dealkylation sites (tertiary alicyclic amines) is 1. The van der Waals surface area contributed by atoms with Crippen LogP contribution in [0.2, 0.25) is 5.02 Å². The molecule has 0 bridgehead atoms. The molecular formula is C28H32ClN3O5. The number of hydrogen-bond donors (Lipinski definition) is 1. The zero-order valence-electron chi connectivity index (χ0n) is 20.8. The lowest BCUT2D eigenvalue weighted by atomic mass is 9.77. The van der Waals surface area contributed by atoms with Gasteiger partial charge in [0.2, 0.25) is 11.8 Å². The summed E-state index contributed by atoms with van der Waals surface area (Å²) < 4.78 is 6.24. The summed E-state index contributed by atoms with van der Waals surface area (Å²) in [6.45, 7) is 1.65. The van der Waals surface area contributed by atoms with E-state index in [1.165, 1.54) is 0 Å². The van der Waals surface area contributed by atoms with Crippen LogP contribution in [0.25, 0.3) is 0 Å². The fraction of sp³-hybridized carbons (Fsp3) is 0.500. The minimum absolute atomic E-state index is 0.0681. The van der Waals surface area contributed by atoms with Crippen LogP contribution in [-0.4, -0.2) is 57.3 Å². The zero-order valence-corrected chi connectivity index (χ0v) is 21.5. The van der Waals surface area contributed by atoms with E-state index in [0.717, 1.165) is 36.1 Å². The molecule has 1 saturated carbocycles. The molecule has 2 aliphatic heterocycles. The Kier molecular flexibility index (Phi) is 7.65. The smallest absolute Gasteiger partial charge is 0.307 e. The normalized spacial score (nSPS) is 23.6. The molecule has 5 rings (SSSR count). The number of ether oxygens (including phenoxy) is 1. The van der Waals surface area contributed by atoms with Crippen molar-refractivity contribution in [3.63, 3.8) is 0 Å². The number of pyridine rings is 1. The number of carbonyl (C=O) groups excluding carboxylic acids is 2. The fourth-order valence-corrected chi connectivity index (χ4v) is 6.29. The maximum absolute atomic E-state index is 14.0. The quantitative estimate of drug-likeness (QED) is 0.580. The predicted molar refractivity (Wildman–Crippen MR) is 137 cm³/mol. The first-order valence-corrected chi connectivity index (χ1v) is 13.5. The molecule has 37 heavy (non-hydrogen) atoms. The van der Waals surface area contributed by atoms with Crippen LogP contribution in [0.4, 0.5) is 0 Å². The Hall–Kier alpha value is -3.13. The Morgan fingerprint density at radius 3 is 2.57 bits per heavy atom. The van der Waals surface area contributed by atoms with E-state index < -0.39 is 23.8 Å². The molecule has 3 heterocycles. The van der Waals surface area contributed by atoms with Crippen molar-refractivity contribution < 1.29 is 24.2 Å². The third-order valence-electron chi connectivity index (χ3n) is 7.92. The predicted octanol–water partition coefficient (Wildman–Crippen LogP) is 4.25. The number of carboxylic acids is 1. The second-order valence-corrected chi connectivity index (χ2v) is 10.5. The van der Waals surface area contributed by atoms with Crippen molar-refractivity contribution >= 4 is 29.4 Å². The lowest BCUT2D eigenvalue weighted by molar-refractivity contribution is -0.154. The van der Waals surface area contributed by atoms with Gasteiger partial charge in [-0.1, -0.05) is 30.5 Å². The van der Waals surface area contributed by atoms with Gasteiger partial charge in [0.25, 0.3) is 0 Å². The number of hydrogen-bond acceptors (Lipinski definition) is 5. The number of nitrogens with zero attached hydrogens (tertiary/aromatic N) is 3. The summed E-state index contributed by atoms with van der Waals surface area (Å²) in [6.07, 6.45) is 6.25. The van der Waals surface area contributed by atoms with Gasteiger partial charge in [0.1, 0.15) is 12.4 Å². The summed E-state index contributed by atoms with van der Waals surface area (Å²) in [4.78, 5) is 46.6. The molecule has 0 spiro atoms. The second-order valence-electron chi connectivity index (χ2n) is 10.1. The van der Waals surface area contributed by atoms with Crippen LogP contribution < -0.4 is 4.74 Å². The summed E-state index contributed by atoms with van der Waals surface area (Å²) in [5.41, 5.74) is 2.50. The van der Waals surface area contributed by atoms with Gasteiger partial charge in [0.05, 0.1) is 23.6 Å². The van der Waals surface area contributed by atoms with Crippen molar-refractivity contribution in [2.45, 2.75) is 57.6 Å². The first-order chi connectivity index (χ1) is 17.9. The van der Waals surface area contributed by atoms with Crippen LogP contribution in [-0.2, 0) is 27.4 Å². The second kappa shape index (κ2) is 11.1. The minimum Gasteiger partial charge on any atom is -0.487 e. The number of halogens is 1. The Morgan fingerprint density at radius 2 is 1.86 bits per heavy atom. The fourth-order valence-electron chi connectivity index (χ4n) is 6.04. The topological polar surface area (TPSA) is 100 Å².